The summed E-state index contributed by atoms with van der Waals surface area (Å²) in [4.78, 5) is 0. The minimum absolute atomic E-state index is 0.181. The van der Waals surface area contributed by atoms with E-state index in [1.807, 2.05) is 0 Å². The molecule has 1 atom stereocenters. The van der Waals surface area contributed by atoms with Gasteiger partial charge in [0, 0.05) is 5.70 Å². The number of benzene rings is 2. The average molecular weight is 339 g/mol. The van der Waals surface area contributed by atoms with Crippen LogP contribution in [-0.2, 0) is 0 Å². The molecule has 0 bridgehead atoms. The standard InChI is InChI=1S/C25H25N/c1-18-13-19(2)15-23(14-18)25-17-22(20-9-5-3-6-10-20)16-24(26-25)21-11-7-4-8-12-21/h4-5,7-17,25-26H,3,6H2,1-2H3. The normalized spacial score (nSPS) is 19.3. The Kier molecular flexibility index (Phi) is 4.62. The van der Waals surface area contributed by atoms with E-state index in [2.05, 4.69) is 98.1 Å². The fourth-order valence-corrected chi connectivity index (χ4v) is 3.79. The van der Waals surface area contributed by atoms with Crippen LogP contribution < -0.4 is 5.32 Å². The minimum atomic E-state index is 0.181. The molecule has 1 N–H and O–H groups in total. The summed E-state index contributed by atoms with van der Waals surface area (Å²) in [6, 6.07) is 17.6. The van der Waals surface area contributed by atoms with E-state index in [1.165, 1.54) is 39.1 Å². The van der Waals surface area contributed by atoms with Crippen molar-refractivity contribution in [2.75, 3.05) is 0 Å². The molecule has 0 spiro atoms. The molecule has 0 saturated carbocycles. The fourth-order valence-electron chi connectivity index (χ4n) is 3.79. The molecule has 0 radical (unpaired) electrons. The van der Waals surface area contributed by atoms with Crippen LogP contribution >= 0.6 is 0 Å². The van der Waals surface area contributed by atoms with Crippen LogP contribution in [0.1, 0.15) is 41.1 Å². The van der Waals surface area contributed by atoms with Crippen molar-refractivity contribution in [3.63, 3.8) is 0 Å². The molecule has 0 saturated heterocycles. The van der Waals surface area contributed by atoms with E-state index in [0.29, 0.717) is 0 Å². The Morgan fingerprint density at radius 1 is 0.885 bits per heavy atom. The third-order valence-corrected chi connectivity index (χ3v) is 4.97. The number of nitrogens with one attached hydrogen (secondary N) is 1. The van der Waals surface area contributed by atoms with Gasteiger partial charge in [-0.25, -0.2) is 0 Å². The van der Waals surface area contributed by atoms with Crippen molar-refractivity contribution in [1.82, 2.24) is 5.32 Å². The summed E-state index contributed by atoms with van der Waals surface area (Å²) in [5.74, 6) is 0. The third kappa shape index (κ3) is 3.57. The molecule has 130 valence electrons. The molecule has 1 nitrogen and oxygen atoms in total. The Labute approximate surface area is 156 Å². The predicted octanol–water partition coefficient (Wildman–Crippen LogP) is 6.19. The minimum Gasteiger partial charge on any atom is -0.374 e. The first kappa shape index (κ1) is 16.7. The zero-order valence-electron chi connectivity index (χ0n) is 15.5. The van der Waals surface area contributed by atoms with Gasteiger partial charge in [-0.15, -0.1) is 0 Å². The first-order valence-corrected chi connectivity index (χ1v) is 9.40. The van der Waals surface area contributed by atoms with Gasteiger partial charge >= 0.3 is 0 Å². The van der Waals surface area contributed by atoms with Crippen LogP contribution in [0.15, 0.2) is 90.1 Å². The predicted molar refractivity (Wildman–Crippen MR) is 111 cm³/mol. The molecular weight excluding hydrogens is 314 g/mol. The zero-order chi connectivity index (χ0) is 17.9. The highest BCUT2D eigenvalue weighted by atomic mass is 14.9. The molecule has 0 aromatic heterocycles. The van der Waals surface area contributed by atoms with Crippen molar-refractivity contribution in [2.24, 2.45) is 0 Å². The smallest absolute Gasteiger partial charge is 0.0707 e. The van der Waals surface area contributed by atoms with Gasteiger partial charge in [-0.1, -0.05) is 77.9 Å². The van der Waals surface area contributed by atoms with Crippen molar-refractivity contribution in [1.29, 1.82) is 0 Å². The molecule has 1 unspecified atom stereocenters. The van der Waals surface area contributed by atoms with Crippen molar-refractivity contribution >= 4 is 5.70 Å². The molecule has 2 aromatic carbocycles. The number of allylic oxidation sites excluding steroid dienone is 6. The van der Waals surface area contributed by atoms with E-state index >= 15 is 0 Å². The van der Waals surface area contributed by atoms with Crippen LogP contribution in [0.5, 0.6) is 0 Å². The Balaban J connectivity index is 1.78. The molecule has 0 amide bonds. The molecule has 26 heavy (non-hydrogen) atoms. The molecular formula is C25H25N. The average Bonchev–Trinajstić information content (AvgIpc) is 2.68. The molecule has 2 aliphatic rings. The van der Waals surface area contributed by atoms with Gasteiger partial charge in [0.15, 0.2) is 0 Å². The first-order valence-electron chi connectivity index (χ1n) is 9.40. The van der Waals surface area contributed by atoms with Gasteiger partial charge < -0.3 is 5.32 Å². The van der Waals surface area contributed by atoms with Crippen molar-refractivity contribution in [3.8, 4) is 0 Å². The number of aryl methyl sites for hydroxylation is 2. The Hall–Kier alpha value is -2.80. The van der Waals surface area contributed by atoms with Gasteiger partial charge in [0.2, 0.25) is 0 Å². The van der Waals surface area contributed by atoms with Gasteiger partial charge in [-0.3, -0.25) is 0 Å². The molecule has 1 aliphatic carbocycles. The van der Waals surface area contributed by atoms with E-state index < -0.39 is 0 Å². The summed E-state index contributed by atoms with van der Waals surface area (Å²) in [6.07, 6.45) is 13.8. The Morgan fingerprint density at radius 3 is 2.35 bits per heavy atom. The largest absolute Gasteiger partial charge is 0.374 e. The lowest BCUT2D eigenvalue weighted by Gasteiger charge is -2.27. The molecule has 1 heterocycles. The third-order valence-electron chi connectivity index (χ3n) is 4.97. The van der Waals surface area contributed by atoms with Crippen molar-refractivity contribution in [3.05, 3.63) is 112 Å². The van der Waals surface area contributed by atoms with Crippen LogP contribution in [0.25, 0.3) is 5.70 Å². The SMILES string of the molecule is Cc1cc(C)cc(C2C=C(C3=CCCC=C3)C=C(c3ccccc3)N2)c1. The summed E-state index contributed by atoms with van der Waals surface area (Å²) in [5.41, 5.74) is 9.00. The van der Waals surface area contributed by atoms with E-state index in [0.717, 1.165) is 12.8 Å². The second-order valence-electron chi connectivity index (χ2n) is 7.23. The lowest BCUT2D eigenvalue weighted by Crippen LogP contribution is -2.22. The van der Waals surface area contributed by atoms with Crippen molar-refractivity contribution in [2.45, 2.75) is 32.7 Å². The summed E-state index contributed by atoms with van der Waals surface area (Å²) < 4.78 is 0. The number of rotatable bonds is 3. The van der Waals surface area contributed by atoms with Crippen molar-refractivity contribution < 1.29 is 0 Å². The summed E-state index contributed by atoms with van der Waals surface area (Å²) in [6.45, 7) is 4.34. The second-order valence-corrected chi connectivity index (χ2v) is 7.23. The van der Waals surface area contributed by atoms with E-state index in [9.17, 15) is 0 Å². The van der Waals surface area contributed by atoms with Crippen LogP contribution in [0.3, 0.4) is 0 Å². The zero-order valence-corrected chi connectivity index (χ0v) is 15.5. The van der Waals surface area contributed by atoms with E-state index in [-0.39, 0.29) is 6.04 Å². The molecule has 1 aliphatic heterocycles. The Morgan fingerprint density at radius 2 is 1.65 bits per heavy atom. The van der Waals surface area contributed by atoms with E-state index in [4.69, 9.17) is 0 Å². The highest BCUT2D eigenvalue weighted by Gasteiger charge is 2.19. The fraction of sp³-hybridized carbons (Fsp3) is 0.200. The van der Waals surface area contributed by atoms with Gasteiger partial charge in [-0.05, 0) is 61.1 Å². The van der Waals surface area contributed by atoms with E-state index in [1.54, 1.807) is 0 Å². The summed E-state index contributed by atoms with van der Waals surface area (Å²) in [5, 5.41) is 3.74. The van der Waals surface area contributed by atoms with Crippen LogP contribution in [0.4, 0.5) is 0 Å². The lowest BCUT2D eigenvalue weighted by atomic mass is 9.90. The maximum Gasteiger partial charge on any atom is 0.0707 e. The maximum atomic E-state index is 3.74. The molecule has 2 aromatic rings. The Bertz CT molecular complexity index is 906. The van der Waals surface area contributed by atoms with Crippen LogP contribution in [0.2, 0.25) is 0 Å². The molecule has 4 rings (SSSR count). The topological polar surface area (TPSA) is 12.0 Å². The van der Waals surface area contributed by atoms with Gasteiger partial charge in [0.1, 0.15) is 0 Å². The number of dihydropyridines is 1. The second kappa shape index (κ2) is 7.21. The number of hydrogen-bond acceptors (Lipinski definition) is 1. The highest BCUT2D eigenvalue weighted by molar-refractivity contribution is 5.72. The molecule has 0 fully saturated rings. The monoisotopic (exact) mass is 339 g/mol. The first-order chi connectivity index (χ1) is 12.7. The molecule has 1 heteroatoms. The van der Waals surface area contributed by atoms with Gasteiger partial charge in [0.05, 0.1) is 6.04 Å². The van der Waals surface area contributed by atoms with Gasteiger partial charge in [-0.2, -0.15) is 0 Å². The van der Waals surface area contributed by atoms with Crippen LogP contribution in [0, 0.1) is 13.8 Å². The quantitative estimate of drug-likeness (QED) is 0.703. The maximum absolute atomic E-state index is 3.74. The number of hydrogen-bond donors (Lipinski definition) is 1. The highest BCUT2D eigenvalue weighted by Crippen LogP contribution is 2.32. The van der Waals surface area contributed by atoms with Gasteiger partial charge in [0.25, 0.3) is 0 Å². The summed E-state index contributed by atoms with van der Waals surface area (Å²) in [7, 11) is 0. The van der Waals surface area contributed by atoms with Crippen LogP contribution in [-0.4, -0.2) is 0 Å². The lowest BCUT2D eigenvalue weighted by molar-refractivity contribution is 0.756. The summed E-state index contributed by atoms with van der Waals surface area (Å²) >= 11 is 0.